The molecule has 172 valence electrons. The average Bonchev–Trinajstić information content (AvgIpc) is 3.36. The van der Waals surface area contributed by atoms with Crippen LogP contribution in [0.1, 0.15) is 33.1 Å². The predicted molar refractivity (Wildman–Crippen MR) is 122 cm³/mol. The number of rotatable bonds is 7. The number of fused-ring (bicyclic) bond motifs is 1. The average molecular weight is 493 g/mol. The number of alkyl halides is 3. The standard InChI is InChI=1S/C23H19F3N2O3S2/c1-12-3-8-16(20-21(12)33-18(28-20)9-10-19(29)30)31-11-17-13(2)27-22(32-17)14-4-6-15(7-5-14)23(24,25)26/h3-8H,9-11H2,1-2H3,(H,29,30). The highest BCUT2D eigenvalue weighted by molar-refractivity contribution is 7.18. The van der Waals surface area contributed by atoms with Crippen LogP contribution in [0.5, 0.6) is 5.75 Å². The van der Waals surface area contributed by atoms with Crippen LogP contribution in [-0.2, 0) is 24.0 Å². The van der Waals surface area contributed by atoms with E-state index < -0.39 is 17.7 Å². The van der Waals surface area contributed by atoms with Crippen LogP contribution in [0, 0.1) is 13.8 Å². The van der Waals surface area contributed by atoms with Crippen LogP contribution in [0.3, 0.4) is 0 Å². The summed E-state index contributed by atoms with van der Waals surface area (Å²) in [6, 6.07) is 8.72. The molecule has 33 heavy (non-hydrogen) atoms. The number of aromatic nitrogens is 2. The van der Waals surface area contributed by atoms with E-state index in [0.717, 1.165) is 38.0 Å². The molecule has 4 rings (SSSR count). The minimum Gasteiger partial charge on any atom is -0.486 e. The number of nitrogens with zero attached hydrogens (tertiary/aromatic N) is 2. The van der Waals surface area contributed by atoms with E-state index in [1.54, 1.807) is 0 Å². The smallest absolute Gasteiger partial charge is 0.416 e. The normalized spacial score (nSPS) is 11.8. The van der Waals surface area contributed by atoms with Gasteiger partial charge in [-0.2, -0.15) is 13.2 Å². The second-order valence-electron chi connectivity index (χ2n) is 7.45. The third-order valence-electron chi connectivity index (χ3n) is 5.01. The first-order chi connectivity index (χ1) is 15.6. The lowest BCUT2D eigenvalue weighted by atomic mass is 10.1. The Labute approximate surface area is 195 Å². The lowest BCUT2D eigenvalue weighted by Crippen LogP contribution is -2.03. The second-order valence-corrected chi connectivity index (χ2v) is 9.62. The first-order valence-electron chi connectivity index (χ1n) is 9.99. The number of halogens is 3. The number of benzene rings is 2. The van der Waals surface area contributed by atoms with Gasteiger partial charge < -0.3 is 9.84 Å². The SMILES string of the molecule is Cc1nc(-c2ccc(C(F)(F)F)cc2)sc1COc1ccc(C)c2sc(CCC(=O)O)nc12. The molecule has 4 aromatic rings. The van der Waals surface area contributed by atoms with E-state index in [-0.39, 0.29) is 13.0 Å². The number of hydrogen-bond donors (Lipinski definition) is 1. The molecule has 0 atom stereocenters. The molecule has 1 N–H and O–H groups in total. The molecule has 2 aromatic carbocycles. The van der Waals surface area contributed by atoms with Crippen molar-refractivity contribution in [3.05, 3.63) is 63.1 Å². The molecule has 5 nitrogen and oxygen atoms in total. The Morgan fingerprint density at radius 1 is 1.06 bits per heavy atom. The fourth-order valence-electron chi connectivity index (χ4n) is 3.22. The molecular weight excluding hydrogens is 473 g/mol. The summed E-state index contributed by atoms with van der Waals surface area (Å²) in [5, 5.41) is 10.3. The Hall–Kier alpha value is -2.98. The fourth-order valence-corrected chi connectivity index (χ4v) is 5.25. The number of ether oxygens (including phenoxy) is 1. The number of aliphatic carboxylic acids is 1. The maximum absolute atomic E-state index is 12.8. The van der Waals surface area contributed by atoms with E-state index in [1.165, 1.54) is 34.8 Å². The molecule has 0 amide bonds. The zero-order valence-electron chi connectivity index (χ0n) is 17.7. The highest BCUT2D eigenvalue weighted by Gasteiger charge is 2.30. The van der Waals surface area contributed by atoms with Gasteiger partial charge in [-0.25, -0.2) is 9.97 Å². The summed E-state index contributed by atoms with van der Waals surface area (Å²) >= 11 is 2.83. The van der Waals surface area contributed by atoms with Crippen molar-refractivity contribution < 1.29 is 27.8 Å². The van der Waals surface area contributed by atoms with Gasteiger partial charge in [-0.05, 0) is 37.6 Å². The van der Waals surface area contributed by atoms with Gasteiger partial charge in [-0.15, -0.1) is 22.7 Å². The maximum Gasteiger partial charge on any atom is 0.416 e. The van der Waals surface area contributed by atoms with Crippen LogP contribution >= 0.6 is 22.7 Å². The Morgan fingerprint density at radius 3 is 2.45 bits per heavy atom. The first kappa shape index (κ1) is 23.2. The van der Waals surface area contributed by atoms with E-state index in [0.29, 0.717) is 28.3 Å². The van der Waals surface area contributed by atoms with Crippen molar-refractivity contribution in [1.82, 2.24) is 9.97 Å². The first-order valence-corrected chi connectivity index (χ1v) is 11.6. The van der Waals surface area contributed by atoms with Crippen molar-refractivity contribution in [3.63, 3.8) is 0 Å². The number of carbonyl (C=O) groups is 1. The fraction of sp³-hybridized carbons (Fsp3) is 0.261. The summed E-state index contributed by atoms with van der Waals surface area (Å²) in [6.45, 7) is 4.04. The van der Waals surface area contributed by atoms with Crippen molar-refractivity contribution in [1.29, 1.82) is 0 Å². The molecule has 2 heterocycles. The highest BCUT2D eigenvalue weighted by atomic mass is 32.1. The number of hydrogen-bond acceptors (Lipinski definition) is 6. The van der Waals surface area contributed by atoms with Gasteiger partial charge in [-0.1, -0.05) is 18.2 Å². The van der Waals surface area contributed by atoms with E-state index in [1.807, 2.05) is 26.0 Å². The third kappa shape index (κ3) is 5.17. The largest absolute Gasteiger partial charge is 0.486 e. The molecule has 2 aromatic heterocycles. The topological polar surface area (TPSA) is 72.3 Å². The predicted octanol–water partition coefficient (Wildman–Crippen LogP) is 6.65. The van der Waals surface area contributed by atoms with Gasteiger partial charge in [0.05, 0.1) is 32.3 Å². The van der Waals surface area contributed by atoms with Crippen LogP contribution in [0.2, 0.25) is 0 Å². The Morgan fingerprint density at radius 2 is 1.79 bits per heavy atom. The number of carboxylic acids is 1. The number of thiazole rings is 2. The molecule has 0 fully saturated rings. The minimum atomic E-state index is -4.38. The Kier molecular flexibility index (Phi) is 6.40. The third-order valence-corrected chi connectivity index (χ3v) is 7.44. The molecule has 0 bridgehead atoms. The van der Waals surface area contributed by atoms with Gasteiger partial charge in [0.15, 0.2) is 0 Å². The monoisotopic (exact) mass is 492 g/mol. The van der Waals surface area contributed by atoms with Crippen LogP contribution in [0.4, 0.5) is 13.2 Å². The number of aryl methyl sites for hydroxylation is 3. The molecule has 0 radical (unpaired) electrons. The van der Waals surface area contributed by atoms with E-state index >= 15 is 0 Å². The van der Waals surface area contributed by atoms with Gasteiger partial charge in [0.2, 0.25) is 0 Å². The van der Waals surface area contributed by atoms with Crippen LogP contribution < -0.4 is 4.74 Å². The quantitative estimate of drug-likeness (QED) is 0.313. The van der Waals surface area contributed by atoms with Crippen LogP contribution in [-0.4, -0.2) is 21.0 Å². The molecule has 0 saturated heterocycles. The lowest BCUT2D eigenvalue weighted by Gasteiger charge is -2.07. The van der Waals surface area contributed by atoms with Crippen LogP contribution in [0.25, 0.3) is 20.8 Å². The van der Waals surface area contributed by atoms with Crippen molar-refractivity contribution in [2.45, 2.75) is 39.5 Å². The molecule has 0 aliphatic rings. The zero-order chi connectivity index (χ0) is 23.8. The van der Waals surface area contributed by atoms with Gasteiger partial charge in [0, 0.05) is 12.0 Å². The molecule has 0 spiro atoms. The van der Waals surface area contributed by atoms with E-state index in [4.69, 9.17) is 9.84 Å². The zero-order valence-corrected chi connectivity index (χ0v) is 19.3. The molecule has 0 unspecified atom stereocenters. The van der Waals surface area contributed by atoms with Gasteiger partial charge >= 0.3 is 12.1 Å². The van der Waals surface area contributed by atoms with Crippen molar-refractivity contribution in [3.8, 4) is 16.3 Å². The van der Waals surface area contributed by atoms with Crippen molar-refractivity contribution in [2.24, 2.45) is 0 Å². The lowest BCUT2D eigenvalue weighted by molar-refractivity contribution is -0.138. The number of carboxylic acid groups (broad SMARTS) is 1. The van der Waals surface area contributed by atoms with E-state index in [9.17, 15) is 18.0 Å². The summed E-state index contributed by atoms with van der Waals surface area (Å²) < 4.78 is 45.4. The second kappa shape index (κ2) is 9.11. The van der Waals surface area contributed by atoms with Gasteiger partial charge in [0.25, 0.3) is 0 Å². The molecule has 0 aliphatic heterocycles. The van der Waals surface area contributed by atoms with Crippen molar-refractivity contribution >= 4 is 38.9 Å². The summed E-state index contributed by atoms with van der Waals surface area (Å²) in [5.41, 5.74) is 2.40. The van der Waals surface area contributed by atoms with Gasteiger partial charge in [0.1, 0.15) is 22.9 Å². The molecule has 10 heteroatoms. The van der Waals surface area contributed by atoms with Crippen molar-refractivity contribution in [2.75, 3.05) is 0 Å². The molecular formula is C23H19F3N2O3S2. The van der Waals surface area contributed by atoms with Gasteiger partial charge in [-0.3, -0.25) is 4.79 Å². The maximum atomic E-state index is 12.8. The van der Waals surface area contributed by atoms with Crippen LogP contribution in [0.15, 0.2) is 36.4 Å². The van der Waals surface area contributed by atoms with E-state index in [2.05, 4.69) is 9.97 Å². The summed E-state index contributed by atoms with van der Waals surface area (Å²) in [7, 11) is 0. The summed E-state index contributed by atoms with van der Waals surface area (Å²) in [5.74, 6) is -0.274. The summed E-state index contributed by atoms with van der Waals surface area (Å²) in [6.07, 6.45) is -4.00. The highest BCUT2D eigenvalue weighted by Crippen LogP contribution is 2.36. The minimum absolute atomic E-state index is 0.0157. The summed E-state index contributed by atoms with van der Waals surface area (Å²) in [4.78, 5) is 20.8. The Balaban J connectivity index is 1.53. The molecule has 0 aliphatic carbocycles. The molecule has 0 saturated carbocycles. The Bertz CT molecular complexity index is 1310.